The lowest BCUT2D eigenvalue weighted by atomic mass is 10.0. The molecule has 0 aromatic rings. The minimum atomic E-state index is -1.21. The van der Waals surface area contributed by atoms with Crippen LogP contribution in [0, 0.1) is 0 Å². The summed E-state index contributed by atoms with van der Waals surface area (Å²) < 4.78 is 0. The average Bonchev–Trinajstić information content (AvgIpc) is 3.53. The molecule has 286 valence electrons. The predicted octanol–water partition coefficient (Wildman–Crippen LogP) is 10.9. The zero-order chi connectivity index (χ0) is 35.0. The number of hydrogen-bond acceptors (Lipinski definition) is 6. The Morgan fingerprint density at radius 1 is 0.604 bits per heavy atom. The molecule has 6 heteroatoms. The van der Waals surface area contributed by atoms with Crippen LogP contribution >= 0.6 is 0 Å². The van der Waals surface area contributed by atoms with Crippen LogP contribution in [0.4, 0.5) is 0 Å². The molecular weight excluding hydrogens is 594 g/mol. The SMILES string of the molecule is CCCCCCCCCCCCCCCC=CC1=NCCN1CCO.CCCCCCCCCCCCCCCCCCNCC(O)O. The van der Waals surface area contributed by atoms with Gasteiger partial charge in [-0.1, -0.05) is 193 Å². The van der Waals surface area contributed by atoms with Gasteiger partial charge in [0.2, 0.25) is 0 Å². The Bertz CT molecular complexity index is 671. The molecule has 1 aliphatic heterocycles. The lowest BCUT2D eigenvalue weighted by Gasteiger charge is -2.16. The van der Waals surface area contributed by atoms with E-state index < -0.39 is 6.29 Å². The number of allylic oxidation sites excluding steroid dienone is 1. The minimum absolute atomic E-state index is 0.214. The van der Waals surface area contributed by atoms with E-state index in [1.807, 2.05) is 0 Å². The summed E-state index contributed by atoms with van der Waals surface area (Å²) in [6, 6.07) is 0. The number of aliphatic hydroxyl groups excluding tert-OH is 2. The van der Waals surface area contributed by atoms with Gasteiger partial charge in [0.1, 0.15) is 5.84 Å². The molecule has 4 N–H and O–H groups in total. The first-order chi connectivity index (χ1) is 23.7. The number of aliphatic imine (C=N–C) groups is 1. The average molecular weight is 680 g/mol. The fourth-order valence-electron chi connectivity index (χ4n) is 6.50. The number of nitrogens with zero attached hydrogens (tertiary/aromatic N) is 2. The largest absolute Gasteiger partial charge is 0.395 e. The Kier molecular flexibility index (Phi) is 39.7. The van der Waals surface area contributed by atoms with E-state index in [0.29, 0.717) is 13.1 Å². The van der Waals surface area contributed by atoms with Crippen molar-refractivity contribution in [1.82, 2.24) is 10.2 Å². The van der Waals surface area contributed by atoms with Gasteiger partial charge in [0.25, 0.3) is 0 Å². The van der Waals surface area contributed by atoms with E-state index in [9.17, 15) is 0 Å². The van der Waals surface area contributed by atoms with E-state index in [0.717, 1.165) is 38.3 Å². The molecule has 0 unspecified atom stereocenters. The summed E-state index contributed by atoms with van der Waals surface area (Å²) in [5, 5.41) is 29.4. The summed E-state index contributed by atoms with van der Waals surface area (Å²) in [6.07, 6.45) is 44.9. The predicted molar refractivity (Wildman–Crippen MR) is 211 cm³/mol. The zero-order valence-corrected chi connectivity index (χ0v) is 32.4. The molecule has 0 aliphatic carbocycles. The smallest absolute Gasteiger partial charge is 0.164 e. The van der Waals surface area contributed by atoms with Crippen LogP contribution in [0.5, 0.6) is 0 Å². The van der Waals surface area contributed by atoms with Crippen molar-refractivity contribution in [3.8, 4) is 0 Å². The molecule has 0 fully saturated rings. The molecule has 1 aliphatic rings. The first kappa shape index (κ1) is 47.0. The van der Waals surface area contributed by atoms with Gasteiger partial charge in [-0.15, -0.1) is 0 Å². The molecule has 0 saturated carbocycles. The molecule has 1 heterocycles. The van der Waals surface area contributed by atoms with Gasteiger partial charge in [0.05, 0.1) is 13.2 Å². The molecule has 6 nitrogen and oxygen atoms in total. The fourth-order valence-corrected chi connectivity index (χ4v) is 6.50. The summed E-state index contributed by atoms with van der Waals surface area (Å²) in [4.78, 5) is 6.65. The van der Waals surface area contributed by atoms with Crippen LogP contribution in [0.15, 0.2) is 17.1 Å². The lowest BCUT2D eigenvalue weighted by Crippen LogP contribution is -2.29. The third kappa shape index (κ3) is 36.3. The van der Waals surface area contributed by atoms with E-state index in [1.54, 1.807) is 0 Å². The second-order valence-electron chi connectivity index (χ2n) is 14.4. The Balaban J connectivity index is 0.000000924. The highest BCUT2D eigenvalue weighted by Gasteiger charge is 2.12. The number of hydrogen-bond donors (Lipinski definition) is 4. The van der Waals surface area contributed by atoms with Crippen LogP contribution in [-0.2, 0) is 0 Å². The number of aliphatic hydroxyl groups is 3. The Morgan fingerprint density at radius 3 is 1.40 bits per heavy atom. The topological polar surface area (TPSA) is 88.3 Å². The monoisotopic (exact) mass is 680 g/mol. The van der Waals surface area contributed by atoms with Crippen molar-refractivity contribution in [2.75, 3.05) is 39.3 Å². The molecule has 0 saturated heterocycles. The summed E-state index contributed by atoms with van der Waals surface area (Å²) in [7, 11) is 0. The highest BCUT2D eigenvalue weighted by atomic mass is 16.5. The normalized spacial score (nSPS) is 13.1. The molecular formula is C42H85N3O3. The first-order valence-corrected chi connectivity index (χ1v) is 21.3. The second-order valence-corrected chi connectivity index (χ2v) is 14.4. The van der Waals surface area contributed by atoms with Crippen molar-refractivity contribution >= 4 is 5.84 Å². The molecule has 0 bridgehead atoms. The van der Waals surface area contributed by atoms with Gasteiger partial charge in [-0.05, 0) is 31.9 Å². The van der Waals surface area contributed by atoms with Gasteiger partial charge in [-0.25, -0.2) is 0 Å². The van der Waals surface area contributed by atoms with E-state index >= 15 is 0 Å². The number of nitrogens with one attached hydrogen (secondary N) is 1. The zero-order valence-electron chi connectivity index (χ0n) is 32.4. The van der Waals surface area contributed by atoms with Crippen LogP contribution in [0.3, 0.4) is 0 Å². The van der Waals surface area contributed by atoms with Gasteiger partial charge in [0, 0.05) is 19.6 Å². The third-order valence-electron chi connectivity index (χ3n) is 9.61. The summed E-state index contributed by atoms with van der Waals surface area (Å²) >= 11 is 0. The van der Waals surface area contributed by atoms with Crippen molar-refractivity contribution in [3.05, 3.63) is 12.2 Å². The van der Waals surface area contributed by atoms with Crippen molar-refractivity contribution in [3.63, 3.8) is 0 Å². The van der Waals surface area contributed by atoms with Gasteiger partial charge in [-0.3, -0.25) is 4.99 Å². The van der Waals surface area contributed by atoms with Gasteiger partial charge in [0.15, 0.2) is 6.29 Å². The number of unbranched alkanes of at least 4 members (excludes halogenated alkanes) is 28. The van der Waals surface area contributed by atoms with Crippen molar-refractivity contribution in [1.29, 1.82) is 0 Å². The maximum Gasteiger partial charge on any atom is 0.164 e. The Labute approximate surface area is 300 Å². The molecule has 0 aromatic carbocycles. The second kappa shape index (κ2) is 40.5. The van der Waals surface area contributed by atoms with E-state index in [-0.39, 0.29) is 6.61 Å². The van der Waals surface area contributed by atoms with E-state index in [2.05, 4.69) is 41.2 Å². The van der Waals surface area contributed by atoms with E-state index in [4.69, 9.17) is 15.3 Å². The van der Waals surface area contributed by atoms with Gasteiger partial charge in [-0.2, -0.15) is 0 Å². The van der Waals surface area contributed by atoms with Crippen molar-refractivity contribution in [2.24, 2.45) is 4.99 Å². The van der Waals surface area contributed by atoms with Crippen LogP contribution in [0.1, 0.15) is 206 Å². The number of rotatable bonds is 36. The van der Waals surface area contributed by atoms with Crippen LogP contribution in [0.25, 0.3) is 0 Å². The Hall–Kier alpha value is -0.950. The highest BCUT2D eigenvalue weighted by molar-refractivity contribution is 5.94. The number of β-amino-alcohol motifs (C(OH)–C–C–N with tert-alkyl or cyclic N) is 1. The molecule has 1 rings (SSSR count). The lowest BCUT2D eigenvalue weighted by molar-refractivity contribution is -0.0370. The molecule has 0 atom stereocenters. The van der Waals surface area contributed by atoms with Crippen molar-refractivity contribution < 1.29 is 15.3 Å². The first-order valence-electron chi connectivity index (χ1n) is 21.3. The fraction of sp³-hybridized carbons (Fsp3) is 0.929. The van der Waals surface area contributed by atoms with Crippen LogP contribution in [-0.4, -0.2) is 71.7 Å². The summed E-state index contributed by atoms with van der Waals surface area (Å²) in [6.45, 7) is 8.51. The quantitative estimate of drug-likeness (QED) is 0.0391. The highest BCUT2D eigenvalue weighted by Crippen LogP contribution is 2.15. The molecule has 0 spiro atoms. The van der Waals surface area contributed by atoms with Crippen molar-refractivity contribution in [2.45, 2.75) is 213 Å². The Morgan fingerprint density at radius 2 is 1.00 bits per heavy atom. The van der Waals surface area contributed by atoms with Crippen LogP contribution in [0.2, 0.25) is 0 Å². The summed E-state index contributed by atoms with van der Waals surface area (Å²) in [5.74, 6) is 1.06. The molecule has 0 amide bonds. The minimum Gasteiger partial charge on any atom is -0.395 e. The van der Waals surface area contributed by atoms with Crippen LogP contribution < -0.4 is 5.32 Å². The maximum absolute atomic E-state index is 9.03. The van der Waals surface area contributed by atoms with E-state index in [1.165, 1.54) is 180 Å². The summed E-state index contributed by atoms with van der Waals surface area (Å²) in [5.41, 5.74) is 0. The maximum atomic E-state index is 9.03. The third-order valence-corrected chi connectivity index (χ3v) is 9.61. The van der Waals surface area contributed by atoms with Gasteiger partial charge < -0.3 is 25.5 Å². The number of amidine groups is 1. The molecule has 0 radical (unpaired) electrons. The van der Waals surface area contributed by atoms with Gasteiger partial charge >= 0.3 is 0 Å². The molecule has 48 heavy (non-hydrogen) atoms. The molecule has 0 aromatic heterocycles. The standard InChI is InChI=1S/C22H42N2O.C20H43NO2/c1-2-3-4-5-6-7-8-9-10-11-12-13-14-15-16-17-22-23-18-19-24(22)20-21-25;1-2-3-4-5-6-7-8-9-10-11-12-13-14-15-16-17-18-21-19-20(22)23/h16-17,25H,2-15,18-21H2,1H3;20-23H,2-19H2,1H3.